The van der Waals surface area contributed by atoms with E-state index in [-0.39, 0.29) is 12.4 Å². The van der Waals surface area contributed by atoms with Gasteiger partial charge in [0, 0.05) is 5.02 Å². The maximum absolute atomic E-state index is 11.4. The SMILES string of the molecule is Cl.O=C(O)C(c1cccc(Cl)c1)N1CCCCC1. The quantitative estimate of drug-likeness (QED) is 0.927. The van der Waals surface area contributed by atoms with Crippen molar-refractivity contribution in [1.82, 2.24) is 4.90 Å². The lowest BCUT2D eigenvalue weighted by Gasteiger charge is -2.32. The molecule has 1 fully saturated rings. The van der Waals surface area contributed by atoms with Gasteiger partial charge in [-0.05, 0) is 43.6 Å². The third kappa shape index (κ3) is 3.61. The Morgan fingerprint density at radius 2 is 1.94 bits per heavy atom. The van der Waals surface area contributed by atoms with Crippen molar-refractivity contribution in [3.05, 3.63) is 34.9 Å². The number of benzene rings is 1. The van der Waals surface area contributed by atoms with Gasteiger partial charge in [-0.2, -0.15) is 0 Å². The predicted molar refractivity (Wildman–Crippen MR) is 74.5 cm³/mol. The molecule has 0 radical (unpaired) electrons. The Labute approximate surface area is 118 Å². The van der Waals surface area contributed by atoms with E-state index in [2.05, 4.69) is 0 Å². The standard InChI is InChI=1S/C13H16ClNO2.ClH/c14-11-6-4-5-10(9-11)12(13(16)17)15-7-2-1-3-8-15;/h4-6,9,12H,1-3,7-8H2,(H,16,17);1H. The summed E-state index contributed by atoms with van der Waals surface area (Å²) in [5.74, 6) is -0.797. The van der Waals surface area contributed by atoms with E-state index in [0.29, 0.717) is 5.02 Å². The Bertz CT molecular complexity index is 406. The fourth-order valence-corrected chi connectivity index (χ4v) is 2.56. The van der Waals surface area contributed by atoms with Crippen molar-refractivity contribution in [2.75, 3.05) is 13.1 Å². The molecule has 0 aromatic heterocycles. The van der Waals surface area contributed by atoms with Crippen molar-refractivity contribution in [1.29, 1.82) is 0 Å². The molecule has 18 heavy (non-hydrogen) atoms. The van der Waals surface area contributed by atoms with Crippen molar-refractivity contribution in [3.8, 4) is 0 Å². The number of likely N-dealkylation sites (tertiary alicyclic amines) is 1. The molecule has 1 saturated heterocycles. The van der Waals surface area contributed by atoms with E-state index in [1.54, 1.807) is 18.2 Å². The Hall–Kier alpha value is -0.770. The average Bonchev–Trinajstić information content (AvgIpc) is 2.30. The summed E-state index contributed by atoms with van der Waals surface area (Å²) < 4.78 is 0. The van der Waals surface area contributed by atoms with Gasteiger partial charge in [-0.25, -0.2) is 0 Å². The fourth-order valence-electron chi connectivity index (χ4n) is 2.36. The van der Waals surface area contributed by atoms with Gasteiger partial charge in [-0.15, -0.1) is 12.4 Å². The number of nitrogens with zero attached hydrogens (tertiary/aromatic N) is 1. The Kier molecular flexibility index (Phi) is 5.93. The number of piperidine rings is 1. The highest BCUT2D eigenvalue weighted by Crippen LogP contribution is 2.26. The zero-order valence-electron chi connectivity index (χ0n) is 10.0. The summed E-state index contributed by atoms with van der Waals surface area (Å²) in [5, 5.41) is 9.97. The molecule has 3 nitrogen and oxygen atoms in total. The van der Waals surface area contributed by atoms with Gasteiger partial charge in [0.25, 0.3) is 0 Å². The van der Waals surface area contributed by atoms with Crippen LogP contribution in [0, 0.1) is 0 Å². The van der Waals surface area contributed by atoms with E-state index < -0.39 is 12.0 Å². The maximum atomic E-state index is 11.4. The number of carboxylic acid groups (broad SMARTS) is 1. The molecular weight excluding hydrogens is 273 g/mol. The summed E-state index contributed by atoms with van der Waals surface area (Å²) in [6, 6.07) is 6.58. The van der Waals surface area contributed by atoms with E-state index >= 15 is 0 Å². The molecule has 5 heteroatoms. The van der Waals surface area contributed by atoms with Crippen LogP contribution in [-0.2, 0) is 4.79 Å². The molecule has 0 saturated carbocycles. The number of hydrogen-bond acceptors (Lipinski definition) is 2. The van der Waals surface area contributed by atoms with Crippen LogP contribution in [0.4, 0.5) is 0 Å². The molecule has 2 rings (SSSR count). The van der Waals surface area contributed by atoms with E-state index in [1.807, 2.05) is 11.0 Å². The molecule has 1 atom stereocenters. The average molecular weight is 290 g/mol. The zero-order valence-corrected chi connectivity index (χ0v) is 11.6. The minimum Gasteiger partial charge on any atom is -0.480 e. The molecule has 0 amide bonds. The summed E-state index contributed by atoms with van der Waals surface area (Å²) in [5.41, 5.74) is 0.770. The smallest absolute Gasteiger partial charge is 0.325 e. The topological polar surface area (TPSA) is 40.5 Å². The van der Waals surface area contributed by atoms with Gasteiger partial charge in [0.1, 0.15) is 6.04 Å². The van der Waals surface area contributed by atoms with Gasteiger partial charge in [-0.1, -0.05) is 30.2 Å². The van der Waals surface area contributed by atoms with Crippen molar-refractivity contribution in [3.63, 3.8) is 0 Å². The van der Waals surface area contributed by atoms with Crippen LogP contribution in [0.25, 0.3) is 0 Å². The summed E-state index contributed by atoms with van der Waals surface area (Å²) in [4.78, 5) is 13.5. The van der Waals surface area contributed by atoms with E-state index in [9.17, 15) is 9.90 Å². The van der Waals surface area contributed by atoms with Gasteiger partial charge in [0.15, 0.2) is 0 Å². The monoisotopic (exact) mass is 289 g/mol. The number of halogens is 2. The first-order valence-electron chi connectivity index (χ1n) is 5.91. The summed E-state index contributed by atoms with van der Waals surface area (Å²) in [6.45, 7) is 1.70. The molecular formula is C13H17Cl2NO2. The lowest BCUT2D eigenvalue weighted by atomic mass is 10.0. The molecule has 0 bridgehead atoms. The second kappa shape index (κ2) is 6.98. The number of hydrogen-bond donors (Lipinski definition) is 1. The highest BCUT2D eigenvalue weighted by Gasteiger charge is 2.28. The molecule has 1 heterocycles. The molecule has 1 aromatic rings. The first kappa shape index (κ1) is 15.3. The van der Waals surface area contributed by atoms with E-state index in [1.165, 1.54) is 6.42 Å². The van der Waals surface area contributed by atoms with Gasteiger partial charge < -0.3 is 5.11 Å². The first-order valence-corrected chi connectivity index (χ1v) is 6.28. The molecule has 100 valence electrons. The largest absolute Gasteiger partial charge is 0.480 e. The van der Waals surface area contributed by atoms with Crippen molar-refractivity contribution in [2.45, 2.75) is 25.3 Å². The van der Waals surface area contributed by atoms with Crippen LogP contribution in [0.1, 0.15) is 30.9 Å². The minimum absolute atomic E-state index is 0. The third-order valence-electron chi connectivity index (χ3n) is 3.15. The molecule has 1 N–H and O–H groups in total. The predicted octanol–water partition coefficient (Wildman–Crippen LogP) is 3.37. The number of carbonyl (C=O) groups is 1. The number of aliphatic carboxylic acids is 1. The lowest BCUT2D eigenvalue weighted by Crippen LogP contribution is -2.37. The Morgan fingerprint density at radius 3 is 2.50 bits per heavy atom. The fraction of sp³-hybridized carbons (Fsp3) is 0.462. The normalized spacial score (nSPS) is 17.8. The van der Waals surface area contributed by atoms with Gasteiger partial charge in [0.05, 0.1) is 0 Å². The highest BCUT2D eigenvalue weighted by molar-refractivity contribution is 6.30. The van der Waals surface area contributed by atoms with Crippen LogP contribution in [0.15, 0.2) is 24.3 Å². The van der Waals surface area contributed by atoms with E-state index in [4.69, 9.17) is 11.6 Å². The molecule has 0 aliphatic carbocycles. The van der Waals surface area contributed by atoms with Crippen LogP contribution < -0.4 is 0 Å². The molecule has 1 unspecified atom stereocenters. The van der Waals surface area contributed by atoms with Crippen LogP contribution in [-0.4, -0.2) is 29.1 Å². The van der Waals surface area contributed by atoms with Crippen molar-refractivity contribution in [2.24, 2.45) is 0 Å². The summed E-state index contributed by atoms with van der Waals surface area (Å²) in [6.07, 6.45) is 3.34. The van der Waals surface area contributed by atoms with Crippen molar-refractivity contribution < 1.29 is 9.90 Å². The van der Waals surface area contributed by atoms with Crippen LogP contribution in [0.2, 0.25) is 5.02 Å². The Morgan fingerprint density at radius 1 is 1.28 bits per heavy atom. The first-order chi connectivity index (χ1) is 8.18. The second-order valence-electron chi connectivity index (χ2n) is 4.39. The van der Waals surface area contributed by atoms with Crippen molar-refractivity contribution >= 4 is 30.0 Å². The van der Waals surface area contributed by atoms with Crippen LogP contribution in [0.5, 0.6) is 0 Å². The molecule has 0 spiro atoms. The van der Waals surface area contributed by atoms with Gasteiger partial charge >= 0.3 is 5.97 Å². The summed E-state index contributed by atoms with van der Waals surface area (Å²) >= 11 is 5.92. The Balaban J connectivity index is 0.00000162. The molecule has 1 aliphatic heterocycles. The third-order valence-corrected chi connectivity index (χ3v) is 3.39. The maximum Gasteiger partial charge on any atom is 0.325 e. The highest BCUT2D eigenvalue weighted by atomic mass is 35.5. The lowest BCUT2D eigenvalue weighted by molar-refractivity contribution is -0.144. The summed E-state index contributed by atoms with van der Waals surface area (Å²) in [7, 11) is 0. The zero-order chi connectivity index (χ0) is 12.3. The minimum atomic E-state index is -0.797. The van der Waals surface area contributed by atoms with Gasteiger partial charge in [0.2, 0.25) is 0 Å². The number of carboxylic acids is 1. The van der Waals surface area contributed by atoms with Gasteiger partial charge in [-0.3, -0.25) is 9.69 Å². The molecule has 1 aromatic carbocycles. The van der Waals surface area contributed by atoms with Crippen LogP contribution >= 0.6 is 24.0 Å². The second-order valence-corrected chi connectivity index (χ2v) is 4.83. The van der Waals surface area contributed by atoms with Crippen LogP contribution in [0.3, 0.4) is 0 Å². The number of rotatable bonds is 3. The van der Waals surface area contributed by atoms with E-state index in [0.717, 1.165) is 31.5 Å². The molecule has 1 aliphatic rings.